The van der Waals surface area contributed by atoms with Crippen molar-refractivity contribution in [2.75, 3.05) is 12.3 Å². The minimum Gasteiger partial charge on any atom is -0.396 e. The summed E-state index contributed by atoms with van der Waals surface area (Å²) in [6.07, 6.45) is 0.569. The summed E-state index contributed by atoms with van der Waals surface area (Å²) >= 11 is 0. The molecule has 0 spiro atoms. The number of aliphatic hydroxyl groups is 2. The summed E-state index contributed by atoms with van der Waals surface area (Å²) in [5, 5.41) is 20.9. The molecule has 4 unspecified atom stereocenters. The van der Waals surface area contributed by atoms with Gasteiger partial charge in [0.1, 0.15) is 5.82 Å². The number of nitrogen functional groups attached to an aromatic ring is 1. The van der Waals surface area contributed by atoms with Crippen molar-refractivity contribution >= 4 is 29.3 Å². The zero-order valence-corrected chi connectivity index (χ0v) is 20.1. The highest BCUT2D eigenvalue weighted by atomic mass is 31.3. The van der Waals surface area contributed by atoms with Crippen molar-refractivity contribution in [3.63, 3.8) is 0 Å². The molecule has 0 amide bonds. The smallest absolute Gasteiger partial charge is 0.396 e. The van der Waals surface area contributed by atoms with E-state index in [1.165, 1.54) is 13.0 Å². The fourth-order valence-corrected chi connectivity index (χ4v) is 6.58. The normalized spacial score (nSPS) is 29.7. The number of aryl methyl sites for hydroxylation is 1. The van der Waals surface area contributed by atoms with Crippen LogP contribution in [-0.2, 0) is 31.6 Å². The number of phosphoric acid groups is 3. The number of nitrogens with two attached hydrogens (primary N) is 1. The highest BCUT2D eigenvalue weighted by Crippen LogP contribution is 2.66. The fourth-order valence-electron chi connectivity index (χ4n) is 3.38. The highest BCUT2D eigenvalue weighted by Gasteiger charge is 2.58. The van der Waals surface area contributed by atoms with Gasteiger partial charge in [0.05, 0.1) is 24.7 Å². The predicted octanol–water partition coefficient (Wildman–Crippen LogP) is -1.26. The van der Waals surface area contributed by atoms with Crippen LogP contribution in [-0.4, -0.2) is 63.8 Å². The van der Waals surface area contributed by atoms with Crippen LogP contribution in [0.1, 0.15) is 18.8 Å². The first kappa shape index (κ1) is 28.8. The molecule has 0 bridgehead atoms. The molecule has 7 atom stereocenters. The Hall–Kier alpha value is -1.47. The van der Waals surface area contributed by atoms with Gasteiger partial charge < -0.3 is 40.3 Å². The summed E-state index contributed by atoms with van der Waals surface area (Å²) in [6.45, 7) is 1.58. The number of rotatable bonds is 9. The van der Waals surface area contributed by atoms with Crippen molar-refractivity contribution in [3.05, 3.63) is 22.2 Å². The van der Waals surface area contributed by atoms with Crippen molar-refractivity contribution in [2.45, 2.75) is 37.9 Å². The number of nitrogens with zero attached hydrogens (tertiary/aromatic N) is 2. The van der Waals surface area contributed by atoms with Crippen LogP contribution in [0.3, 0.4) is 0 Å². The van der Waals surface area contributed by atoms with Crippen LogP contribution < -0.4 is 11.4 Å². The summed E-state index contributed by atoms with van der Waals surface area (Å²) in [7, 11) is -17.0. The lowest BCUT2D eigenvalue weighted by Crippen LogP contribution is -2.47. The Morgan fingerprint density at radius 1 is 1.29 bits per heavy atom. The van der Waals surface area contributed by atoms with E-state index in [-0.39, 0.29) is 11.5 Å². The van der Waals surface area contributed by atoms with Crippen LogP contribution in [0.5, 0.6) is 0 Å². The van der Waals surface area contributed by atoms with Gasteiger partial charge >= 0.3 is 29.2 Å². The molecule has 1 aromatic rings. The average Bonchev–Trinajstić information content (AvgIpc) is 2.90. The minimum atomic E-state index is -5.79. The van der Waals surface area contributed by atoms with Gasteiger partial charge in [0, 0.05) is 5.69 Å². The Morgan fingerprint density at radius 3 is 2.35 bits per heavy atom. The van der Waals surface area contributed by atoms with E-state index in [9.17, 15) is 38.5 Å². The predicted molar refractivity (Wildman–Crippen MR) is 110 cm³/mol. The second-order valence-corrected chi connectivity index (χ2v) is 11.5. The van der Waals surface area contributed by atoms with Crippen molar-refractivity contribution < 1.29 is 61.4 Å². The van der Waals surface area contributed by atoms with Gasteiger partial charge in [0.2, 0.25) is 0 Å². The Bertz CT molecular complexity index is 1180. The maximum atomic E-state index is 12.4. The summed E-state index contributed by atoms with van der Waals surface area (Å²) in [4.78, 5) is 52.1. The molecule has 0 radical (unpaired) electrons. The summed E-state index contributed by atoms with van der Waals surface area (Å²) in [6, 6.07) is 1.26. The molecular formula is C14H22N3O14P3. The van der Waals surface area contributed by atoms with Gasteiger partial charge in [-0.15, -0.1) is 6.42 Å². The minimum absolute atomic E-state index is 0.141. The number of aromatic nitrogens is 2. The van der Waals surface area contributed by atoms with Crippen LogP contribution >= 0.6 is 23.5 Å². The van der Waals surface area contributed by atoms with Gasteiger partial charge in [-0.2, -0.15) is 13.6 Å². The van der Waals surface area contributed by atoms with E-state index in [2.05, 4.69) is 13.6 Å². The number of hydrogen-bond donors (Lipinski definition) is 7. The van der Waals surface area contributed by atoms with Gasteiger partial charge in [-0.05, 0) is 19.9 Å². The topological polar surface area (TPSA) is 270 Å². The molecule has 2 heterocycles. The lowest BCUT2D eigenvalue weighted by Gasteiger charge is -2.30. The second kappa shape index (κ2) is 9.88. The average molecular weight is 549 g/mol. The standard InChI is InChI=1S/C14H22N3O14P3/c1-4-14(20)9(6-18)11(28-12(14)17-7(2)5-10(15)16-13(17)19)8(3)29-33(24,25)31-34(26,27)30-32(21,22)23/h1,5,8-9,11-12,18,20H,6H2,2-3H3,(H,24,25)(H,26,27)(H2,15,16,19)(H2,21,22,23)/t8-,9?,11+,12+,14?/m0/s1. The molecule has 17 nitrogen and oxygen atoms in total. The van der Waals surface area contributed by atoms with Gasteiger partial charge in [0.15, 0.2) is 11.8 Å². The monoisotopic (exact) mass is 549 g/mol. The van der Waals surface area contributed by atoms with Gasteiger partial charge in [-0.25, -0.2) is 18.5 Å². The lowest BCUT2D eigenvalue weighted by atomic mass is 9.84. The van der Waals surface area contributed by atoms with Gasteiger partial charge in [-0.3, -0.25) is 9.09 Å². The Kier molecular flexibility index (Phi) is 8.36. The molecule has 34 heavy (non-hydrogen) atoms. The van der Waals surface area contributed by atoms with E-state index >= 15 is 0 Å². The number of anilines is 1. The van der Waals surface area contributed by atoms with E-state index in [1.807, 2.05) is 5.92 Å². The van der Waals surface area contributed by atoms with E-state index in [4.69, 9.17) is 31.2 Å². The summed E-state index contributed by atoms with van der Waals surface area (Å²) < 4.78 is 52.8. The largest absolute Gasteiger partial charge is 0.490 e. The van der Waals surface area contributed by atoms with Gasteiger partial charge in [-0.1, -0.05) is 5.92 Å². The zero-order valence-electron chi connectivity index (χ0n) is 17.4. The Balaban J connectivity index is 2.37. The molecular weight excluding hydrogens is 527 g/mol. The molecule has 1 aliphatic heterocycles. The first-order valence-corrected chi connectivity index (χ1v) is 13.5. The number of aliphatic hydroxyl groups excluding tert-OH is 1. The Morgan fingerprint density at radius 2 is 1.88 bits per heavy atom. The summed E-state index contributed by atoms with van der Waals surface area (Å²) in [5.41, 5.74) is 2.29. The highest BCUT2D eigenvalue weighted by molar-refractivity contribution is 7.66. The molecule has 2 rings (SSSR count). The third-order valence-electron chi connectivity index (χ3n) is 4.63. The Labute approximate surface area is 191 Å². The summed E-state index contributed by atoms with van der Waals surface area (Å²) in [5.74, 6) is 0.421. The molecule has 1 aromatic heterocycles. The van der Waals surface area contributed by atoms with E-state index < -0.39 is 65.7 Å². The maximum absolute atomic E-state index is 12.4. The van der Waals surface area contributed by atoms with Gasteiger partial charge in [0.25, 0.3) is 0 Å². The van der Waals surface area contributed by atoms with Crippen LogP contribution in [0, 0.1) is 25.2 Å². The third kappa shape index (κ3) is 6.39. The number of terminal acetylenes is 1. The van der Waals surface area contributed by atoms with Crippen molar-refractivity contribution in [1.82, 2.24) is 9.55 Å². The maximum Gasteiger partial charge on any atom is 0.490 e. The zero-order chi connectivity index (χ0) is 26.3. The first-order valence-electron chi connectivity index (χ1n) is 9.00. The molecule has 20 heteroatoms. The van der Waals surface area contributed by atoms with Crippen LogP contribution in [0.25, 0.3) is 0 Å². The van der Waals surface area contributed by atoms with E-state index in [0.717, 1.165) is 11.5 Å². The van der Waals surface area contributed by atoms with Crippen LogP contribution in [0.15, 0.2) is 10.9 Å². The quantitative estimate of drug-likeness (QED) is 0.140. The molecule has 1 aliphatic rings. The molecule has 1 fully saturated rings. The molecule has 0 aliphatic carbocycles. The van der Waals surface area contributed by atoms with Crippen molar-refractivity contribution in [3.8, 4) is 12.3 Å². The number of ether oxygens (including phenoxy) is 1. The van der Waals surface area contributed by atoms with E-state index in [1.54, 1.807) is 0 Å². The molecule has 0 aromatic carbocycles. The fraction of sp³-hybridized carbons (Fsp3) is 0.571. The number of hydrogen-bond acceptors (Lipinski definition) is 12. The molecule has 1 saturated heterocycles. The van der Waals surface area contributed by atoms with Crippen LogP contribution in [0.4, 0.5) is 5.82 Å². The van der Waals surface area contributed by atoms with E-state index in [0.29, 0.717) is 0 Å². The third-order valence-corrected chi connectivity index (χ3v) is 8.56. The van der Waals surface area contributed by atoms with Crippen LogP contribution in [0.2, 0.25) is 0 Å². The molecule has 0 saturated carbocycles. The van der Waals surface area contributed by atoms with Crippen molar-refractivity contribution in [2.24, 2.45) is 5.92 Å². The van der Waals surface area contributed by atoms with Crippen molar-refractivity contribution in [1.29, 1.82) is 0 Å². The number of phosphoric ester groups is 1. The second-order valence-electron chi connectivity index (χ2n) is 7.09. The lowest BCUT2D eigenvalue weighted by molar-refractivity contribution is -0.0876. The first-order chi connectivity index (χ1) is 15.4. The molecule has 8 N–H and O–H groups in total. The SMILES string of the molecule is C#CC1(O)C(CO)[C@@H]([C@H](C)OP(=O)(O)OP(=O)(O)OP(=O)(O)O)O[C@H]1n1c(C)cc(N)nc1=O. The molecule has 192 valence electrons.